The zero-order valence-corrected chi connectivity index (χ0v) is 29.5. The summed E-state index contributed by atoms with van der Waals surface area (Å²) in [7, 11) is 2.08. The monoisotopic (exact) mass is 624 g/mol. The molecule has 5 rings (SSSR count). The Balaban J connectivity index is 1.14. The molecule has 4 aromatic rings. The standard InChI is InChI=1S/C41H56O3Si/c1-5-6-7-8-9-10-11-12-13-14-15-16-17-18-19-20-23-32-24-21-26-36-35(32)28-29-37-39-31-34(45(42-2,43-3)44-4)30-33-25-22-27-38(40(33)39)41(36)37/h21-22,24-31H,5-20,23H2,1-4H3. The van der Waals surface area contributed by atoms with E-state index in [0.29, 0.717) is 0 Å². The van der Waals surface area contributed by atoms with Crippen LogP contribution in [-0.2, 0) is 19.7 Å². The molecule has 4 heteroatoms. The van der Waals surface area contributed by atoms with Gasteiger partial charge in [-0.3, -0.25) is 0 Å². The Hall–Kier alpha value is -2.50. The molecule has 0 heterocycles. The van der Waals surface area contributed by atoms with Gasteiger partial charge in [0, 0.05) is 26.5 Å². The fraction of sp³-hybridized carbons (Fsp3) is 0.512. The molecule has 0 aliphatic heterocycles. The number of benzene rings is 4. The van der Waals surface area contributed by atoms with E-state index in [1.165, 1.54) is 152 Å². The molecule has 0 fully saturated rings. The van der Waals surface area contributed by atoms with E-state index < -0.39 is 8.80 Å². The highest BCUT2D eigenvalue weighted by molar-refractivity contribution is 6.75. The minimum Gasteiger partial charge on any atom is -0.373 e. The maximum Gasteiger partial charge on any atom is 0.536 e. The van der Waals surface area contributed by atoms with Crippen LogP contribution in [0.15, 0.2) is 60.7 Å². The maximum atomic E-state index is 5.86. The van der Waals surface area contributed by atoms with E-state index in [4.69, 9.17) is 13.3 Å². The van der Waals surface area contributed by atoms with Crippen LogP contribution in [0.4, 0.5) is 0 Å². The molecule has 0 radical (unpaired) electrons. The third-order valence-corrected chi connectivity index (χ3v) is 12.8. The van der Waals surface area contributed by atoms with Crippen LogP contribution in [0.5, 0.6) is 0 Å². The summed E-state index contributed by atoms with van der Waals surface area (Å²) in [4.78, 5) is 0. The zero-order valence-electron chi connectivity index (χ0n) is 28.5. The molecule has 0 N–H and O–H groups in total. The Labute approximate surface area is 274 Å². The van der Waals surface area contributed by atoms with Crippen LogP contribution in [0.3, 0.4) is 0 Å². The number of fused-ring (bicyclic) bond motifs is 5. The first-order valence-corrected chi connectivity index (χ1v) is 19.7. The Morgan fingerprint density at radius 1 is 0.511 bits per heavy atom. The lowest BCUT2D eigenvalue weighted by Crippen LogP contribution is -2.54. The number of aryl methyl sites for hydroxylation is 1. The third kappa shape index (κ3) is 7.73. The highest BCUT2D eigenvalue weighted by atomic mass is 28.4. The maximum absolute atomic E-state index is 5.86. The molecule has 242 valence electrons. The average molecular weight is 625 g/mol. The van der Waals surface area contributed by atoms with E-state index in [-0.39, 0.29) is 0 Å². The van der Waals surface area contributed by atoms with Gasteiger partial charge in [-0.15, -0.1) is 0 Å². The Morgan fingerprint density at radius 3 is 1.69 bits per heavy atom. The van der Waals surface area contributed by atoms with E-state index in [9.17, 15) is 0 Å². The molecule has 1 aliphatic carbocycles. The van der Waals surface area contributed by atoms with Crippen molar-refractivity contribution in [1.82, 2.24) is 0 Å². The molecule has 0 aromatic heterocycles. The van der Waals surface area contributed by atoms with Crippen molar-refractivity contribution in [3.63, 3.8) is 0 Å². The van der Waals surface area contributed by atoms with Crippen molar-refractivity contribution in [3.8, 4) is 22.3 Å². The molecule has 4 aromatic carbocycles. The van der Waals surface area contributed by atoms with Crippen LogP contribution < -0.4 is 5.19 Å². The summed E-state index contributed by atoms with van der Waals surface area (Å²) in [5, 5.41) is 6.28. The molecule has 3 nitrogen and oxygen atoms in total. The van der Waals surface area contributed by atoms with Crippen molar-refractivity contribution < 1.29 is 13.3 Å². The summed E-state index contributed by atoms with van der Waals surface area (Å²) in [5.74, 6) is 0. The number of hydrogen-bond acceptors (Lipinski definition) is 3. The van der Waals surface area contributed by atoms with Crippen molar-refractivity contribution in [2.24, 2.45) is 0 Å². The molecule has 0 unspecified atom stereocenters. The SMILES string of the molecule is CCCCCCCCCCCCCCCCCCc1cccc2c3c(ccc12)-c1cc([Si](OC)(OC)OC)cc2cccc-3c12. The summed E-state index contributed by atoms with van der Waals surface area (Å²) < 4.78 is 17.6. The molecular weight excluding hydrogens is 569 g/mol. The molecule has 0 saturated carbocycles. The fourth-order valence-electron chi connectivity index (χ4n) is 7.65. The Morgan fingerprint density at radius 2 is 1.09 bits per heavy atom. The summed E-state index contributed by atoms with van der Waals surface area (Å²) in [6.07, 6.45) is 23.7. The molecule has 1 aliphatic rings. The van der Waals surface area contributed by atoms with Crippen LogP contribution in [0.25, 0.3) is 43.8 Å². The minimum absolute atomic E-state index is 1.000. The van der Waals surface area contributed by atoms with Crippen molar-refractivity contribution in [1.29, 1.82) is 0 Å². The summed E-state index contributed by atoms with van der Waals surface area (Å²) >= 11 is 0. The topological polar surface area (TPSA) is 27.7 Å². The van der Waals surface area contributed by atoms with Gasteiger partial charge in [-0.25, -0.2) is 0 Å². The van der Waals surface area contributed by atoms with Gasteiger partial charge < -0.3 is 13.3 Å². The minimum atomic E-state index is -2.96. The lowest BCUT2D eigenvalue weighted by molar-refractivity contribution is 0.140. The van der Waals surface area contributed by atoms with Crippen LogP contribution in [0.2, 0.25) is 0 Å². The quantitative estimate of drug-likeness (QED) is 0.0600. The van der Waals surface area contributed by atoms with Gasteiger partial charge in [0.15, 0.2) is 0 Å². The molecule has 0 amide bonds. The van der Waals surface area contributed by atoms with Crippen LogP contribution in [-0.4, -0.2) is 30.1 Å². The Kier molecular flexibility index (Phi) is 12.7. The van der Waals surface area contributed by atoms with Crippen LogP contribution >= 0.6 is 0 Å². The van der Waals surface area contributed by atoms with E-state index in [2.05, 4.69) is 67.6 Å². The van der Waals surface area contributed by atoms with Gasteiger partial charge in [-0.05, 0) is 74.3 Å². The fourth-order valence-corrected chi connectivity index (χ4v) is 9.51. The van der Waals surface area contributed by atoms with Crippen molar-refractivity contribution in [2.45, 2.75) is 116 Å². The third-order valence-electron chi connectivity index (χ3n) is 10.1. The van der Waals surface area contributed by atoms with Gasteiger partial charge >= 0.3 is 8.80 Å². The summed E-state index contributed by atoms with van der Waals surface area (Å²) in [5.41, 5.74) is 6.71. The lowest BCUT2D eigenvalue weighted by atomic mass is 9.92. The second-order valence-corrected chi connectivity index (χ2v) is 16.1. The highest BCUT2D eigenvalue weighted by Gasteiger charge is 2.42. The van der Waals surface area contributed by atoms with Crippen molar-refractivity contribution >= 4 is 35.5 Å². The Bertz CT molecular complexity index is 1510. The second-order valence-electron chi connectivity index (χ2n) is 13.1. The van der Waals surface area contributed by atoms with Gasteiger partial charge in [0.05, 0.1) is 0 Å². The van der Waals surface area contributed by atoms with E-state index in [1.807, 2.05) is 0 Å². The van der Waals surface area contributed by atoms with Crippen molar-refractivity contribution in [3.05, 3.63) is 66.2 Å². The number of hydrogen-bond donors (Lipinski definition) is 0. The lowest BCUT2D eigenvalue weighted by Gasteiger charge is -2.25. The normalized spacial score (nSPS) is 12.4. The van der Waals surface area contributed by atoms with Gasteiger partial charge in [-0.1, -0.05) is 152 Å². The predicted molar refractivity (Wildman–Crippen MR) is 196 cm³/mol. The van der Waals surface area contributed by atoms with E-state index in [0.717, 1.165) is 11.6 Å². The van der Waals surface area contributed by atoms with E-state index >= 15 is 0 Å². The van der Waals surface area contributed by atoms with Gasteiger partial charge in [0.2, 0.25) is 0 Å². The average Bonchev–Trinajstić information content (AvgIpc) is 3.41. The van der Waals surface area contributed by atoms with E-state index in [1.54, 1.807) is 21.3 Å². The zero-order chi connectivity index (χ0) is 31.5. The smallest absolute Gasteiger partial charge is 0.373 e. The number of rotatable bonds is 21. The first-order chi connectivity index (χ1) is 22.2. The van der Waals surface area contributed by atoms with Crippen LogP contribution in [0.1, 0.15) is 115 Å². The summed E-state index contributed by atoms with van der Waals surface area (Å²) in [6.45, 7) is 2.30. The molecule has 0 atom stereocenters. The van der Waals surface area contributed by atoms with Crippen molar-refractivity contribution in [2.75, 3.05) is 21.3 Å². The first-order valence-electron chi connectivity index (χ1n) is 18.0. The van der Waals surface area contributed by atoms with Crippen LogP contribution in [0, 0.1) is 0 Å². The molecular formula is C41H56O3Si. The predicted octanol–water partition coefficient (Wildman–Crippen LogP) is 11.5. The number of unbranched alkanes of at least 4 members (excludes halogenated alkanes) is 15. The first kappa shape index (κ1) is 33.8. The molecule has 45 heavy (non-hydrogen) atoms. The molecule has 0 spiro atoms. The largest absolute Gasteiger partial charge is 0.536 e. The summed E-state index contributed by atoms with van der Waals surface area (Å²) in [6, 6.07) is 22.7. The molecule has 0 bridgehead atoms. The van der Waals surface area contributed by atoms with Gasteiger partial charge in [-0.2, -0.15) is 0 Å². The van der Waals surface area contributed by atoms with Gasteiger partial charge in [0.25, 0.3) is 0 Å². The van der Waals surface area contributed by atoms with Gasteiger partial charge in [0.1, 0.15) is 0 Å². The molecule has 0 saturated heterocycles. The second kappa shape index (κ2) is 16.9. The highest BCUT2D eigenvalue weighted by Crippen LogP contribution is 2.50.